The fraction of sp³-hybridized carbons (Fsp3) is 0.632. The van der Waals surface area contributed by atoms with Crippen LogP contribution < -0.4 is 4.74 Å². The Morgan fingerprint density at radius 3 is 2.37 bits per heavy atom. The highest BCUT2D eigenvalue weighted by atomic mass is 32.2. The van der Waals surface area contributed by atoms with Crippen LogP contribution in [0.15, 0.2) is 23.1 Å². The standard InChI is InChI=1S/C19H28N2O5S/c1-25-17-7-6-16(15-19(22)20-8-4-2-3-5-9-20)14-18(17)27(23,24)21-10-12-26-13-11-21/h6-7,14H,2-5,8-13,15H2,1H3. The van der Waals surface area contributed by atoms with E-state index in [-0.39, 0.29) is 17.2 Å². The van der Waals surface area contributed by atoms with Crippen molar-refractivity contribution in [2.45, 2.75) is 37.0 Å². The number of rotatable bonds is 5. The Morgan fingerprint density at radius 1 is 1.07 bits per heavy atom. The lowest BCUT2D eigenvalue weighted by Gasteiger charge is -2.27. The Bertz CT molecular complexity index is 751. The summed E-state index contributed by atoms with van der Waals surface area (Å²) < 4.78 is 38.0. The summed E-state index contributed by atoms with van der Waals surface area (Å²) in [6.45, 7) is 2.98. The van der Waals surface area contributed by atoms with Gasteiger partial charge in [-0.25, -0.2) is 8.42 Å². The Hall–Kier alpha value is -1.64. The largest absolute Gasteiger partial charge is 0.495 e. The van der Waals surface area contributed by atoms with Crippen LogP contribution in [0.25, 0.3) is 0 Å². The number of ether oxygens (including phenoxy) is 2. The highest BCUT2D eigenvalue weighted by molar-refractivity contribution is 7.89. The maximum absolute atomic E-state index is 13.0. The summed E-state index contributed by atoms with van der Waals surface area (Å²) in [7, 11) is -2.24. The molecule has 2 aliphatic rings. The van der Waals surface area contributed by atoms with Crippen LogP contribution in [0.2, 0.25) is 0 Å². The minimum Gasteiger partial charge on any atom is -0.495 e. The highest BCUT2D eigenvalue weighted by Crippen LogP contribution is 2.29. The SMILES string of the molecule is COc1ccc(CC(=O)N2CCCCCC2)cc1S(=O)(=O)N1CCOCC1. The third kappa shape index (κ3) is 4.80. The molecule has 1 amide bonds. The molecule has 0 radical (unpaired) electrons. The molecule has 8 heteroatoms. The van der Waals surface area contributed by atoms with Gasteiger partial charge in [0.05, 0.1) is 26.7 Å². The number of morpholine rings is 1. The third-order valence-electron chi connectivity index (χ3n) is 5.13. The van der Waals surface area contributed by atoms with Gasteiger partial charge in [-0.2, -0.15) is 4.31 Å². The molecule has 27 heavy (non-hydrogen) atoms. The highest BCUT2D eigenvalue weighted by Gasteiger charge is 2.29. The van der Waals surface area contributed by atoms with Crippen molar-refractivity contribution < 1.29 is 22.7 Å². The average molecular weight is 397 g/mol. The molecule has 150 valence electrons. The summed E-state index contributed by atoms with van der Waals surface area (Å²) in [5.74, 6) is 0.351. The van der Waals surface area contributed by atoms with Crippen molar-refractivity contribution in [3.05, 3.63) is 23.8 Å². The predicted octanol–water partition coefficient (Wildman–Crippen LogP) is 1.66. The van der Waals surface area contributed by atoms with Gasteiger partial charge in [-0.3, -0.25) is 4.79 Å². The van der Waals surface area contributed by atoms with Gasteiger partial charge in [-0.1, -0.05) is 18.9 Å². The molecular weight excluding hydrogens is 368 g/mol. The number of hydrogen-bond donors (Lipinski definition) is 0. The van der Waals surface area contributed by atoms with E-state index in [1.54, 1.807) is 18.2 Å². The summed E-state index contributed by atoms with van der Waals surface area (Å²) in [5.41, 5.74) is 0.692. The molecule has 2 fully saturated rings. The van der Waals surface area contributed by atoms with E-state index in [1.807, 2.05) is 4.90 Å². The smallest absolute Gasteiger partial charge is 0.246 e. The van der Waals surface area contributed by atoms with Gasteiger partial charge in [-0.15, -0.1) is 0 Å². The number of amides is 1. The first-order valence-corrected chi connectivity index (χ1v) is 11.0. The first-order chi connectivity index (χ1) is 13.0. The molecule has 0 atom stereocenters. The van der Waals surface area contributed by atoms with Crippen LogP contribution in [0.5, 0.6) is 5.75 Å². The summed E-state index contributed by atoms with van der Waals surface area (Å²) in [4.78, 5) is 14.7. The molecule has 1 aromatic rings. The van der Waals surface area contributed by atoms with Gasteiger partial charge in [0, 0.05) is 26.2 Å². The molecule has 0 bridgehead atoms. The van der Waals surface area contributed by atoms with Gasteiger partial charge >= 0.3 is 0 Å². The minimum atomic E-state index is -3.69. The Morgan fingerprint density at radius 2 is 1.74 bits per heavy atom. The number of benzene rings is 1. The van der Waals surface area contributed by atoms with Crippen molar-refractivity contribution in [1.82, 2.24) is 9.21 Å². The average Bonchev–Trinajstić information content (AvgIpc) is 2.98. The number of carbonyl (C=O) groups excluding carboxylic acids is 1. The predicted molar refractivity (Wildman–Crippen MR) is 101 cm³/mol. The normalized spacial score (nSPS) is 19.5. The molecule has 7 nitrogen and oxygen atoms in total. The zero-order chi connectivity index (χ0) is 19.3. The second-order valence-corrected chi connectivity index (χ2v) is 8.88. The molecule has 0 saturated carbocycles. The fourth-order valence-electron chi connectivity index (χ4n) is 3.57. The van der Waals surface area contributed by atoms with Crippen molar-refractivity contribution in [1.29, 1.82) is 0 Å². The van der Waals surface area contributed by atoms with Crippen LogP contribution in [0, 0.1) is 0 Å². The van der Waals surface area contributed by atoms with Crippen LogP contribution in [0.1, 0.15) is 31.2 Å². The molecule has 3 rings (SSSR count). The Balaban J connectivity index is 1.81. The molecule has 0 aromatic heterocycles. The number of hydrogen-bond acceptors (Lipinski definition) is 5. The van der Waals surface area contributed by atoms with Crippen molar-refractivity contribution >= 4 is 15.9 Å². The van der Waals surface area contributed by atoms with Crippen molar-refractivity contribution in [2.24, 2.45) is 0 Å². The first-order valence-electron chi connectivity index (χ1n) is 9.55. The van der Waals surface area contributed by atoms with Crippen molar-refractivity contribution in [3.8, 4) is 5.75 Å². The van der Waals surface area contributed by atoms with Crippen molar-refractivity contribution in [3.63, 3.8) is 0 Å². The van der Waals surface area contributed by atoms with Crippen LogP contribution in [-0.2, 0) is 26.0 Å². The summed E-state index contributed by atoms with van der Waals surface area (Å²) >= 11 is 0. The number of sulfonamides is 1. The second-order valence-electron chi connectivity index (χ2n) is 6.97. The Labute approximate surface area is 161 Å². The van der Waals surface area contributed by atoms with Crippen LogP contribution in [-0.4, -0.2) is 70.0 Å². The molecule has 0 N–H and O–H groups in total. The van der Waals surface area contributed by atoms with Gasteiger partial charge in [0.15, 0.2) is 0 Å². The summed E-state index contributed by atoms with van der Waals surface area (Å²) in [6, 6.07) is 4.99. The van der Waals surface area contributed by atoms with E-state index in [2.05, 4.69) is 0 Å². The number of carbonyl (C=O) groups is 1. The zero-order valence-electron chi connectivity index (χ0n) is 15.9. The molecule has 0 unspecified atom stereocenters. The topological polar surface area (TPSA) is 76.2 Å². The molecule has 2 aliphatic heterocycles. The van der Waals surface area contributed by atoms with Gasteiger partial charge in [0.25, 0.3) is 0 Å². The van der Waals surface area contributed by atoms with Crippen LogP contribution in [0.3, 0.4) is 0 Å². The molecule has 0 spiro atoms. The lowest BCUT2D eigenvalue weighted by molar-refractivity contribution is -0.130. The maximum Gasteiger partial charge on any atom is 0.246 e. The van der Waals surface area contributed by atoms with Crippen LogP contribution in [0.4, 0.5) is 0 Å². The van der Waals surface area contributed by atoms with Crippen LogP contribution >= 0.6 is 0 Å². The second kappa shape index (κ2) is 9.03. The van der Waals surface area contributed by atoms with E-state index in [1.165, 1.54) is 11.4 Å². The van der Waals surface area contributed by atoms with Gasteiger partial charge in [-0.05, 0) is 30.5 Å². The monoisotopic (exact) mass is 396 g/mol. The van der Waals surface area contributed by atoms with Crippen molar-refractivity contribution in [2.75, 3.05) is 46.5 Å². The third-order valence-corrected chi connectivity index (χ3v) is 7.05. The molecule has 0 aliphatic carbocycles. The van der Waals surface area contributed by atoms with E-state index in [9.17, 15) is 13.2 Å². The van der Waals surface area contributed by atoms with Gasteiger partial charge in [0.2, 0.25) is 15.9 Å². The quantitative estimate of drug-likeness (QED) is 0.757. The molecule has 2 heterocycles. The van der Waals surface area contributed by atoms with Gasteiger partial charge < -0.3 is 14.4 Å². The number of methoxy groups -OCH3 is 1. The van der Waals surface area contributed by atoms with Gasteiger partial charge in [0.1, 0.15) is 10.6 Å². The number of nitrogens with zero attached hydrogens (tertiary/aromatic N) is 2. The molecule has 2 saturated heterocycles. The first kappa shape index (κ1) is 20.1. The summed E-state index contributed by atoms with van der Waals surface area (Å²) in [5, 5.41) is 0. The van der Waals surface area contributed by atoms with E-state index in [0.29, 0.717) is 37.6 Å². The van der Waals surface area contributed by atoms with E-state index in [4.69, 9.17) is 9.47 Å². The minimum absolute atomic E-state index is 0.0526. The molecular formula is C19H28N2O5S. The molecule has 1 aromatic carbocycles. The van der Waals surface area contributed by atoms with E-state index in [0.717, 1.165) is 38.8 Å². The van der Waals surface area contributed by atoms with E-state index >= 15 is 0 Å². The Kier molecular flexibility index (Phi) is 6.73. The zero-order valence-corrected chi connectivity index (χ0v) is 16.7. The maximum atomic E-state index is 13.0. The fourth-order valence-corrected chi connectivity index (χ4v) is 5.18. The number of likely N-dealkylation sites (tertiary alicyclic amines) is 1. The summed E-state index contributed by atoms with van der Waals surface area (Å²) in [6.07, 6.45) is 4.59. The lowest BCUT2D eigenvalue weighted by atomic mass is 10.1. The lowest BCUT2D eigenvalue weighted by Crippen LogP contribution is -2.40. The van der Waals surface area contributed by atoms with E-state index < -0.39 is 10.0 Å².